The number of esters is 1. The molecule has 2 unspecified atom stereocenters. The molecule has 0 bridgehead atoms. The molecule has 2 aliphatic rings. The molecule has 0 N–H and O–H groups in total. The zero-order valence-electron chi connectivity index (χ0n) is 13.6. The van der Waals surface area contributed by atoms with Crippen molar-refractivity contribution in [2.75, 3.05) is 13.7 Å². The number of nitrogens with zero attached hydrogens (tertiary/aromatic N) is 1. The molecule has 1 amide bonds. The molecular weight excluding hydrogens is 270 g/mol. The summed E-state index contributed by atoms with van der Waals surface area (Å²) in [4.78, 5) is 26.1. The summed E-state index contributed by atoms with van der Waals surface area (Å²) in [6, 6.07) is -0.496. The zero-order valence-corrected chi connectivity index (χ0v) is 13.6. The number of methoxy groups -OCH3 is 1. The maximum absolute atomic E-state index is 12.4. The lowest BCUT2D eigenvalue weighted by atomic mass is 9.73. The van der Waals surface area contributed by atoms with Gasteiger partial charge in [0.2, 0.25) is 0 Å². The molecule has 0 aromatic carbocycles. The van der Waals surface area contributed by atoms with Gasteiger partial charge in [-0.15, -0.1) is 0 Å². The van der Waals surface area contributed by atoms with Crippen LogP contribution in [0.1, 0.15) is 52.9 Å². The second-order valence-corrected chi connectivity index (χ2v) is 7.21. The first-order valence-electron chi connectivity index (χ1n) is 7.89. The third-order valence-electron chi connectivity index (χ3n) is 4.50. The van der Waals surface area contributed by atoms with Gasteiger partial charge < -0.3 is 9.47 Å². The highest BCUT2D eigenvalue weighted by Crippen LogP contribution is 2.39. The average Bonchev–Trinajstić information content (AvgIpc) is 2.43. The van der Waals surface area contributed by atoms with E-state index in [0.29, 0.717) is 24.8 Å². The van der Waals surface area contributed by atoms with Gasteiger partial charge in [0.15, 0.2) is 0 Å². The lowest BCUT2D eigenvalue weighted by Crippen LogP contribution is -2.55. The van der Waals surface area contributed by atoms with E-state index in [9.17, 15) is 9.59 Å². The molecule has 21 heavy (non-hydrogen) atoms. The minimum atomic E-state index is -0.554. The smallest absolute Gasteiger partial charge is 0.411 e. The number of amides is 1. The van der Waals surface area contributed by atoms with Crippen LogP contribution in [0.25, 0.3) is 0 Å². The Hall–Kier alpha value is -1.26. The van der Waals surface area contributed by atoms with E-state index in [2.05, 4.69) is 0 Å². The molecular formula is C16H27NO4. The molecule has 0 aromatic rings. The number of ether oxygens (including phenoxy) is 2. The molecule has 1 aliphatic carbocycles. The van der Waals surface area contributed by atoms with Crippen LogP contribution in [0.4, 0.5) is 4.79 Å². The summed E-state index contributed by atoms with van der Waals surface area (Å²) in [5.41, 5.74) is -0.554. The van der Waals surface area contributed by atoms with E-state index in [4.69, 9.17) is 9.47 Å². The number of rotatable bonds is 1. The van der Waals surface area contributed by atoms with Gasteiger partial charge in [-0.1, -0.05) is 19.3 Å². The van der Waals surface area contributed by atoms with Gasteiger partial charge in [-0.05, 0) is 45.4 Å². The van der Waals surface area contributed by atoms with Crippen LogP contribution in [0.3, 0.4) is 0 Å². The van der Waals surface area contributed by atoms with Crippen molar-refractivity contribution in [2.24, 2.45) is 11.8 Å². The van der Waals surface area contributed by atoms with Gasteiger partial charge in [-0.25, -0.2) is 9.59 Å². The van der Waals surface area contributed by atoms with Gasteiger partial charge in [0.05, 0.1) is 7.11 Å². The Kier molecular flexibility index (Phi) is 4.79. The number of fused-ring (bicyclic) bond motifs is 1. The third kappa shape index (κ3) is 3.89. The maximum Gasteiger partial charge on any atom is 0.411 e. The SMILES string of the molecule is COC(=O)[C@@H]1CC2CCCCC2CN1C(=O)OC(C)(C)C. The molecule has 1 heterocycles. The molecule has 0 aromatic heterocycles. The number of hydrogen-bond acceptors (Lipinski definition) is 4. The standard InChI is InChI=1S/C16H27NO4/c1-16(2,3)21-15(19)17-10-12-8-6-5-7-11(12)9-13(17)14(18)20-4/h11-13H,5-10H2,1-4H3/t11?,12?,13-/m0/s1. The van der Waals surface area contributed by atoms with Crippen molar-refractivity contribution in [3.8, 4) is 0 Å². The molecule has 120 valence electrons. The maximum atomic E-state index is 12.4. The van der Waals surface area contributed by atoms with Crippen molar-refractivity contribution in [2.45, 2.75) is 64.5 Å². The average molecular weight is 297 g/mol. The highest BCUT2D eigenvalue weighted by atomic mass is 16.6. The van der Waals surface area contributed by atoms with Crippen LogP contribution >= 0.6 is 0 Å². The van der Waals surface area contributed by atoms with Crippen molar-refractivity contribution < 1.29 is 19.1 Å². The van der Waals surface area contributed by atoms with E-state index in [1.807, 2.05) is 20.8 Å². The normalized spacial score (nSPS) is 29.5. The van der Waals surface area contributed by atoms with Crippen LogP contribution in [-0.2, 0) is 14.3 Å². The molecule has 2 rings (SSSR count). The molecule has 5 heteroatoms. The Bertz CT molecular complexity index is 402. The topological polar surface area (TPSA) is 55.8 Å². The minimum absolute atomic E-state index is 0.329. The fourth-order valence-corrected chi connectivity index (χ4v) is 3.51. The Morgan fingerprint density at radius 2 is 1.71 bits per heavy atom. The summed E-state index contributed by atoms with van der Waals surface area (Å²) in [6.07, 6.45) is 5.03. The van der Waals surface area contributed by atoms with Gasteiger partial charge in [-0.3, -0.25) is 4.90 Å². The molecule has 1 saturated carbocycles. The minimum Gasteiger partial charge on any atom is -0.467 e. The fourth-order valence-electron chi connectivity index (χ4n) is 3.51. The molecule has 1 saturated heterocycles. The molecule has 2 fully saturated rings. The zero-order chi connectivity index (χ0) is 15.6. The van der Waals surface area contributed by atoms with Crippen LogP contribution in [-0.4, -0.2) is 42.3 Å². The van der Waals surface area contributed by atoms with Gasteiger partial charge in [0, 0.05) is 6.54 Å². The van der Waals surface area contributed by atoms with Gasteiger partial charge in [0.1, 0.15) is 11.6 Å². The molecule has 0 radical (unpaired) electrons. The number of carbonyl (C=O) groups excluding carboxylic acids is 2. The van der Waals surface area contributed by atoms with Crippen molar-refractivity contribution in [1.29, 1.82) is 0 Å². The first-order chi connectivity index (χ1) is 9.81. The van der Waals surface area contributed by atoms with Gasteiger partial charge in [-0.2, -0.15) is 0 Å². The number of likely N-dealkylation sites (tertiary alicyclic amines) is 1. The highest BCUT2D eigenvalue weighted by Gasteiger charge is 2.43. The Labute approximate surface area is 127 Å². The second-order valence-electron chi connectivity index (χ2n) is 7.21. The summed E-state index contributed by atoms with van der Waals surface area (Å²) < 4.78 is 10.4. The van der Waals surface area contributed by atoms with Gasteiger partial charge in [0.25, 0.3) is 0 Å². The largest absolute Gasteiger partial charge is 0.467 e. The van der Waals surface area contributed by atoms with E-state index in [0.717, 1.165) is 12.8 Å². The molecule has 5 nitrogen and oxygen atoms in total. The van der Waals surface area contributed by atoms with E-state index in [-0.39, 0.29) is 5.97 Å². The first kappa shape index (κ1) is 16.1. The summed E-state index contributed by atoms with van der Waals surface area (Å²) in [5.74, 6) is 0.693. The summed E-state index contributed by atoms with van der Waals surface area (Å²) in [6.45, 7) is 6.13. The van der Waals surface area contributed by atoms with Crippen molar-refractivity contribution in [3.05, 3.63) is 0 Å². The first-order valence-corrected chi connectivity index (χ1v) is 7.89. The van der Waals surface area contributed by atoms with Crippen LogP contribution in [0.15, 0.2) is 0 Å². The number of piperidine rings is 1. The molecule has 3 atom stereocenters. The quantitative estimate of drug-likeness (QED) is 0.698. The lowest BCUT2D eigenvalue weighted by molar-refractivity contribution is -0.150. The van der Waals surface area contributed by atoms with E-state index in [1.54, 1.807) is 4.90 Å². The lowest BCUT2D eigenvalue weighted by Gasteiger charge is -2.44. The second kappa shape index (κ2) is 6.24. The van der Waals surface area contributed by atoms with E-state index < -0.39 is 17.7 Å². The highest BCUT2D eigenvalue weighted by molar-refractivity contribution is 5.81. The van der Waals surface area contributed by atoms with Crippen LogP contribution in [0.5, 0.6) is 0 Å². The summed E-state index contributed by atoms with van der Waals surface area (Å²) >= 11 is 0. The van der Waals surface area contributed by atoms with Crippen LogP contribution < -0.4 is 0 Å². The van der Waals surface area contributed by atoms with Crippen molar-refractivity contribution >= 4 is 12.1 Å². The van der Waals surface area contributed by atoms with E-state index >= 15 is 0 Å². The number of hydrogen-bond donors (Lipinski definition) is 0. The number of carbonyl (C=O) groups is 2. The van der Waals surface area contributed by atoms with Crippen LogP contribution in [0, 0.1) is 11.8 Å². The van der Waals surface area contributed by atoms with E-state index in [1.165, 1.54) is 20.0 Å². The molecule has 0 spiro atoms. The Morgan fingerprint density at radius 1 is 1.10 bits per heavy atom. The summed E-state index contributed by atoms with van der Waals surface area (Å²) in [5, 5.41) is 0. The third-order valence-corrected chi connectivity index (χ3v) is 4.50. The Morgan fingerprint density at radius 3 is 2.29 bits per heavy atom. The van der Waals surface area contributed by atoms with Crippen molar-refractivity contribution in [1.82, 2.24) is 4.90 Å². The van der Waals surface area contributed by atoms with Crippen LogP contribution in [0.2, 0.25) is 0 Å². The monoisotopic (exact) mass is 297 g/mol. The fraction of sp³-hybridized carbons (Fsp3) is 0.875. The van der Waals surface area contributed by atoms with Gasteiger partial charge >= 0.3 is 12.1 Å². The molecule has 1 aliphatic heterocycles. The predicted octanol–water partition coefficient (Wildman–Crippen LogP) is 2.98. The summed E-state index contributed by atoms with van der Waals surface area (Å²) in [7, 11) is 1.38. The van der Waals surface area contributed by atoms with Crippen molar-refractivity contribution in [3.63, 3.8) is 0 Å². The predicted molar refractivity (Wildman–Crippen MR) is 78.8 cm³/mol. The Balaban J connectivity index is 2.14.